The van der Waals surface area contributed by atoms with Gasteiger partial charge in [0.05, 0.1) is 0 Å². The molecule has 0 saturated carbocycles. The van der Waals surface area contributed by atoms with E-state index in [4.69, 9.17) is 19.4 Å². The van der Waals surface area contributed by atoms with Gasteiger partial charge in [0.15, 0.2) is 17.5 Å². The molecule has 5 heteroatoms. The van der Waals surface area contributed by atoms with Gasteiger partial charge in [-0.2, -0.15) is 0 Å². The molecule has 48 heavy (non-hydrogen) atoms. The van der Waals surface area contributed by atoms with E-state index < -0.39 is 0 Å². The molecule has 0 N–H and O–H groups in total. The molecule has 10 aromatic rings. The molecule has 7 aromatic carbocycles. The van der Waals surface area contributed by atoms with Crippen molar-refractivity contribution in [3.63, 3.8) is 0 Å². The Kier molecular flexibility index (Phi) is 6.01. The summed E-state index contributed by atoms with van der Waals surface area (Å²) in [5, 5.41) is 7.04. The molecule has 224 valence electrons. The summed E-state index contributed by atoms with van der Waals surface area (Å²) in [6.07, 6.45) is 0. The lowest BCUT2D eigenvalue weighted by atomic mass is 9.97. The second kappa shape index (κ2) is 10.7. The van der Waals surface area contributed by atoms with E-state index in [0.29, 0.717) is 17.5 Å². The molecule has 0 aliphatic carbocycles. The second-order valence-electron chi connectivity index (χ2n) is 12.0. The van der Waals surface area contributed by atoms with Crippen LogP contribution in [0.15, 0.2) is 156 Å². The first-order chi connectivity index (χ1) is 23.8. The molecule has 3 heterocycles. The van der Waals surface area contributed by atoms with Crippen molar-refractivity contribution in [2.45, 2.75) is 0 Å². The molecule has 4 nitrogen and oxygen atoms in total. The van der Waals surface area contributed by atoms with Gasteiger partial charge in [0, 0.05) is 53.2 Å². The van der Waals surface area contributed by atoms with Crippen LogP contribution >= 0.6 is 11.3 Å². The van der Waals surface area contributed by atoms with Gasteiger partial charge in [0.2, 0.25) is 0 Å². The molecule has 0 spiro atoms. The van der Waals surface area contributed by atoms with E-state index >= 15 is 0 Å². The monoisotopic (exact) mass is 631 g/mol. The van der Waals surface area contributed by atoms with Crippen molar-refractivity contribution < 1.29 is 4.42 Å². The van der Waals surface area contributed by atoms with E-state index in [9.17, 15) is 0 Å². The Morgan fingerprint density at radius 3 is 1.98 bits per heavy atom. The maximum Gasteiger partial charge on any atom is 0.164 e. The Bertz CT molecular complexity index is 2850. The van der Waals surface area contributed by atoms with Crippen molar-refractivity contribution in [1.82, 2.24) is 15.0 Å². The van der Waals surface area contributed by atoms with Gasteiger partial charge in [-0.3, -0.25) is 0 Å². The molecule has 0 aliphatic heterocycles. The van der Waals surface area contributed by atoms with E-state index in [2.05, 4.69) is 91.0 Å². The van der Waals surface area contributed by atoms with Crippen LogP contribution in [-0.4, -0.2) is 15.0 Å². The molecular weight excluding hydrogens is 607 g/mol. The van der Waals surface area contributed by atoms with Crippen molar-refractivity contribution in [2.24, 2.45) is 0 Å². The van der Waals surface area contributed by atoms with Crippen molar-refractivity contribution >= 4 is 64.2 Å². The van der Waals surface area contributed by atoms with Crippen molar-refractivity contribution in [1.29, 1.82) is 0 Å². The molecule has 0 saturated heterocycles. The molecule has 0 radical (unpaired) electrons. The first kappa shape index (κ1) is 27.0. The van der Waals surface area contributed by atoms with Crippen LogP contribution in [0.1, 0.15) is 0 Å². The molecule has 10 rings (SSSR count). The maximum atomic E-state index is 6.22. The number of hydrogen-bond donors (Lipinski definition) is 0. The zero-order valence-corrected chi connectivity index (χ0v) is 26.4. The van der Waals surface area contributed by atoms with Crippen molar-refractivity contribution in [2.75, 3.05) is 0 Å². The largest absolute Gasteiger partial charge is 0.456 e. The van der Waals surface area contributed by atoms with Gasteiger partial charge >= 0.3 is 0 Å². The number of fused-ring (bicyclic) bond motifs is 7. The fourth-order valence-electron chi connectivity index (χ4n) is 6.91. The third-order valence-electron chi connectivity index (χ3n) is 9.15. The molecular formula is C43H25N3OS. The minimum absolute atomic E-state index is 0.616. The third-order valence-corrected chi connectivity index (χ3v) is 10.3. The topological polar surface area (TPSA) is 51.8 Å². The Labute approximate surface area is 279 Å². The van der Waals surface area contributed by atoms with Gasteiger partial charge in [-0.15, -0.1) is 11.3 Å². The van der Waals surface area contributed by atoms with Crippen LogP contribution in [0.3, 0.4) is 0 Å². The summed E-state index contributed by atoms with van der Waals surface area (Å²) in [7, 11) is 0. The molecule has 0 atom stereocenters. The second-order valence-corrected chi connectivity index (χ2v) is 13.0. The Balaban J connectivity index is 1.18. The quantitative estimate of drug-likeness (QED) is 0.194. The summed E-state index contributed by atoms with van der Waals surface area (Å²) >= 11 is 1.82. The summed E-state index contributed by atoms with van der Waals surface area (Å²) in [6, 6.07) is 52.7. The normalized spacial score (nSPS) is 11.8. The predicted molar refractivity (Wildman–Crippen MR) is 199 cm³/mol. The summed E-state index contributed by atoms with van der Waals surface area (Å²) in [4.78, 5) is 15.2. The highest BCUT2D eigenvalue weighted by Crippen LogP contribution is 2.43. The highest BCUT2D eigenvalue weighted by Gasteiger charge is 2.19. The molecule has 0 bridgehead atoms. The standard InChI is InChI=1S/C43H25N3OS/c1-2-12-27(13-3-1)41-44-42(46-43(45-41)35-20-10-22-37-39(35)34-16-6-7-21-36(34)47-37)28-23-24-31-33-19-9-18-32(40(33)48-38(31)25-28)30-17-8-14-26-11-4-5-15-29(26)30/h1-25H. The zero-order valence-electron chi connectivity index (χ0n) is 25.6. The lowest BCUT2D eigenvalue weighted by Gasteiger charge is -2.09. The SMILES string of the molecule is c1ccc(-c2nc(-c3ccc4c(c3)sc3c(-c5cccc6ccccc56)cccc34)nc(-c3cccc4oc5ccccc5c34)n2)cc1. The van der Waals surface area contributed by atoms with Crippen LogP contribution in [0, 0.1) is 0 Å². The highest BCUT2D eigenvalue weighted by atomic mass is 32.1. The van der Waals surface area contributed by atoms with Gasteiger partial charge in [-0.25, -0.2) is 15.0 Å². The van der Waals surface area contributed by atoms with Gasteiger partial charge in [0.25, 0.3) is 0 Å². The zero-order chi connectivity index (χ0) is 31.6. The number of benzene rings is 7. The smallest absolute Gasteiger partial charge is 0.164 e. The Morgan fingerprint density at radius 2 is 1.06 bits per heavy atom. The number of aromatic nitrogens is 3. The van der Waals surface area contributed by atoms with E-state index in [-0.39, 0.29) is 0 Å². The number of hydrogen-bond acceptors (Lipinski definition) is 5. The maximum absolute atomic E-state index is 6.22. The van der Waals surface area contributed by atoms with Crippen LogP contribution in [0.25, 0.3) is 98.2 Å². The Morgan fingerprint density at radius 1 is 0.417 bits per heavy atom. The summed E-state index contributed by atoms with van der Waals surface area (Å²) in [5.41, 5.74) is 6.96. The van der Waals surface area contributed by atoms with E-state index in [1.54, 1.807) is 0 Å². The fourth-order valence-corrected chi connectivity index (χ4v) is 8.18. The van der Waals surface area contributed by atoms with Gasteiger partial charge in [-0.05, 0) is 34.5 Å². The lowest BCUT2D eigenvalue weighted by molar-refractivity contribution is 0.669. The van der Waals surface area contributed by atoms with Gasteiger partial charge in [-0.1, -0.05) is 133 Å². The number of para-hydroxylation sites is 1. The van der Waals surface area contributed by atoms with E-state index in [0.717, 1.165) is 38.6 Å². The fraction of sp³-hybridized carbons (Fsp3) is 0. The summed E-state index contributed by atoms with van der Waals surface area (Å²) in [6.45, 7) is 0. The molecule has 0 fully saturated rings. The number of thiophene rings is 1. The molecule has 0 aliphatic rings. The molecule has 0 amide bonds. The molecule has 3 aromatic heterocycles. The number of furan rings is 1. The van der Waals surface area contributed by atoms with Crippen LogP contribution in [-0.2, 0) is 0 Å². The predicted octanol–water partition coefficient (Wildman–Crippen LogP) is 12.0. The third kappa shape index (κ3) is 4.25. The summed E-state index contributed by atoms with van der Waals surface area (Å²) < 4.78 is 8.69. The van der Waals surface area contributed by atoms with E-state index in [1.807, 2.05) is 72.0 Å². The van der Waals surface area contributed by atoms with Crippen molar-refractivity contribution in [3.8, 4) is 45.3 Å². The van der Waals surface area contributed by atoms with Gasteiger partial charge in [0.1, 0.15) is 11.2 Å². The van der Waals surface area contributed by atoms with Gasteiger partial charge < -0.3 is 4.42 Å². The van der Waals surface area contributed by atoms with Crippen LogP contribution in [0.5, 0.6) is 0 Å². The van der Waals surface area contributed by atoms with Crippen molar-refractivity contribution in [3.05, 3.63) is 152 Å². The number of rotatable bonds is 4. The minimum Gasteiger partial charge on any atom is -0.456 e. The first-order valence-electron chi connectivity index (χ1n) is 15.9. The average Bonchev–Trinajstić information content (AvgIpc) is 3.73. The minimum atomic E-state index is 0.616. The summed E-state index contributed by atoms with van der Waals surface area (Å²) in [5.74, 6) is 1.89. The van der Waals surface area contributed by atoms with Crippen LogP contribution in [0.4, 0.5) is 0 Å². The lowest BCUT2D eigenvalue weighted by Crippen LogP contribution is -2.00. The average molecular weight is 632 g/mol. The highest BCUT2D eigenvalue weighted by molar-refractivity contribution is 7.26. The van der Waals surface area contributed by atoms with Crippen LogP contribution < -0.4 is 0 Å². The molecule has 0 unspecified atom stereocenters. The van der Waals surface area contributed by atoms with E-state index in [1.165, 1.54) is 42.1 Å². The first-order valence-corrected chi connectivity index (χ1v) is 16.8. The number of nitrogens with zero attached hydrogens (tertiary/aromatic N) is 3. The van der Waals surface area contributed by atoms with Crippen LogP contribution in [0.2, 0.25) is 0 Å². The Hall–Kier alpha value is -6.17.